The van der Waals surface area contributed by atoms with Crippen LogP contribution in [0.5, 0.6) is 0 Å². The highest BCUT2D eigenvalue weighted by molar-refractivity contribution is 5.95. The summed E-state index contributed by atoms with van der Waals surface area (Å²) in [6.07, 6.45) is 0.300. The SMILES string of the molecule is CC(N)C(=O)NC(CC(=O)O)C(=O)NC(Cc1cnc[nH]1)C(=O)NC(C(=O)O)C(C)O. The first kappa shape index (κ1) is 25.5. The van der Waals surface area contributed by atoms with Crippen LogP contribution in [0.2, 0.25) is 0 Å². The molecule has 0 aliphatic heterocycles. The number of aliphatic carboxylic acids is 2. The fourth-order valence-electron chi connectivity index (χ4n) is 2.43. The number of amides is 3. The number of aromatic amines is 1. The number of H-pyrrole nitrogens is 1. The van der Waals surface area contributed by atoms with E-state index >= 15 is 0 Å². The monoisotopic (exact) mass is 442 g/mol. The molecule has 1 aromatic heterocycles. The second kappa shape index (κ2) is 11.6. The van der Waals surface area contributed by atoms with Crippen LogP contribution in [0.25, 0.3) is 0 Å². The van der Waals surface area contributed by atoms with E-state index in [2.05, 4.69) is 25.9 Å². The smallest absolute Gasteiger partial charge is 0.328 e. The Hall–Kier alpha value is -3.52. The van der Waals surface area contributed by atoms with Crippen molar-refractivity contribution in [3.05, 3.63) is 18.2 Å². The zero-order valence-corrected chi connectivity index (χ0v) is 16.9. The molecule has 0 fully saturated rings. The van der Waals surface area contributed by atoms with Gasteiger partial charge in [-0.15, -0.1) is 0 Å². The summed E-state index contributed by atoms with van der Waals surface area (Å²) in [6, 6.07) is -5.59. The Bertz CT molecular complexity index is 795. The topological polar surface area (TPSA) is 237 Å². The van der Waals surface area contributed by atoms with Gasteiger partial charge >= 0.3 is 11.9 Å². The Balaban J connectivity index is 3.06. The van der Waals surface area contributed by atoms with E-state index in [1.807, 2.05) is 0 Å². The summed E-state index contributed by atoms with van der Waals surface area (Å²) in [4.78, 5) is 65.9. The van der Waals surface area contributed by atoms with Crippen molar-refractivity contribution in [1.82, 2.24) is 25.9 Å². The van der Waals surface area contributed by atoms with Gasteiger partial charge in [0.25, 0.3) is 0 Å². The molecule has 9 N–H and O–H groups in total. The standard InChI is InChI=1S/C17H26N6O8/c1-7(18)14(27)21-11(4-12(25)26)15(28)22-10(3-9-5-19-6-20-9)16(29)23-13(8(2)24)17(30)31/h5-8,10-11,13,24H,3-4,18H2,1-2H3,(H,19,20)(H,21,27)(H,22,28)(H,23,29)(H,25,26)(H,30,31). The summed E-state index contributed by atoms with van der Waals surface area (Å²) in [7, 11) is 0. The molecule has 14 heteroatoms. The second-order valence-electron chi connectivity index (χ2n) is 6.85. The van der Waals surface area contributed by atoms with E-state index in [4.69, 9.17) is 15.9 Å². The predicted molar refractivity (Wildman–Crippen MR) is 103 cm³/mol. The molecule has 0 saturated carbocycles. The number of nitrogens with two attached hydrogens (primary N) is 1. The number of nitrogens with zero attached hydrogens (tertiary/aromatic N) is 1. The van der Waals surface area contributed by atoms with Crippen LogP contribution in [-0.2, 0) is 30.4 Å². The number of carbonyl (C=O) groups is 5. The summed E-state index contributed by atoms with van der Waals surface area (Å²) < 4.78 is 0. The molecule has 3 amide bonds. The van der Waals surface area contributed by atoms with Crippen LogP contribution in [0, 0.1) is 0 Å². The van der Waals surface area contributed by atoms with Gasteiger partial charge in [-0.05, 0) is 13.8 Å². The molecule has 14 nitrogen and oxygen atoms in total. The van der Waals surface area contributed by atoms with Gasteiger partial charge in [0.05, 0.1) is 24.9 Å². The lowest BCUT2D eigenvalue weighted by atomic mass is 10.1. The summed E-state index contributed by atoms with van der Waals surface area (Å²) in [5.41, 5.74) is 5.82. The van der Waals surface area contributed by atoms with Crippen LogP contribution in [0.4, 0.5) is 0 Å². The molecular formula is C17H26N6O8. The molecule has 0 aromatic carbocycles. The van der Waals surface area contributed by atoms with Crippen molar-refractivity contribution in [1.29, 1.82) is 0 Å². The Morgan fingerprint density at radius 3 is 2.06 bits per heavy atom. The third-order valence-electron chi connectivity index (χ3n) is 4.08. The molecule has 31 heavy (non-hydrogen) atoms. The maximum atomic E-state index is 12.6. The van der Waals surface area contributed by atoms with Gasteiger partial charge < -0.3 is 42.0 Å². The number of aliphatic hydroxyl groups excluding tert-OH is 1. The third kappa shape index (κ3) is 8.39. The highest BCUT2D eigenvalue weighted by atomic mass is 16.4. The van der Waals surface area contributed by atoms with Gasteiger partial charge in [-0.1, -0.05) is 0 Å². The van der Waals surface area contributed by atoms with Crippen molar-refractivity contribution in [2.75, 3.05) is 0 Å². The quantitative estimate of drug-likeness (QED) is 0.160. The zero-order valence-electron chi connectivity index (χ0n) is 16.9. The molecule has 172 valence electrons. The molecule has 1 heterocycles. The number of carboxylic acids is 2. The largest absolute Gasteiger partial charge is 0.481 e. The summed E-state index contributed by atoms with van der Waals surface area (Å²) >= 11 is 0. The van der Waals surface area contributed by atoms with Crippen molar-refractivity contribution >= 4 is 29.7 Å². The second-order valence-corrected chi connectivity index (χ2v) is 6.85. The summed E-state index contributed by atoms with van der Waals surface area (Å²) in [5, 5.41) is 34.3. The van der Waals surface area contributed by atoms with Crippen molar-refractivity contribution in [3.63, 3.8) is 0 Å². The number of nitrogens with one attached hydrogen (secondary N) is 4. The molecule has 0 saturated heterocycles. The number of aliphatic hydroxyl groups is 1. The molecule has 0 bridgehead atoms. The van der Waals surface area contributed by atoms with Gasteiger partial charge in [-0.25, -0.2) is 9.78 Å². The number of aromatic nitrogens is 2. The molecule has 0 spiro atoms. The Kier molecular flexibility index (Phi) is 9.56. The zero-order chi connectivity index (χ0) is 23.7. The minimum Gasteiger partial charge on any atom is -0.481 e. The fraction of sp³-hybridized carbons (Fsp3) is 0.529. The molecular weight excluding hydrogens is 416 g/mol. The van der Waals surface area contributed by atoms with E-state index in [1.165, 1.54) is 19.4 Å². The number of carbonyl (C=O) groups excluding carboxylic acids is 3. The van der Waals surface area contributed by atoms with Crippen LogP contribution in [0.3, 0.4) is 0 Å². The van der Waals surface area contributed by atoms with Crippen molar-refractivity contribution < 1.29 is 39.3 Å². The number of hydrogen-bond acceptors (Lipinski definition) is 8. The van der Waals surface area contributed by atoms with Crippen LogP contribution in [0.15, 0.2) is 12.5 Å². The maximum Gasteiger partial charge on any atom is 0.328 e. The third-order valence-corrected chi connectivity index (χ3v) is 4.08. The molecule has 0 aliphatic rings. The molecule has 5 unspecified atom stereocenters. The van der Waals surface area contributed by atoms with Gasteiger partial charge in [0.2, 0.25) is 17.7 Å². The van der Waals surface area contributed by atoms with E-state index < -0.39 is 66.4 Å². The maximum absolute atomic E-state index is 12.6. The highest BCUT2D eigenvalue weighted by Gasteiger charge is 2.32. The van der Waals surface area contributed by atoms with Crippen LogP contribution in [0.1, 0.15) is 26.0 Å². The normalized spacial score (nSPS) is 15.6. The van der Waals surface area contributed by atoms with Gasteiger partial charge in [-0.3, -0.25) is 19.2 Å². The van der Waals surface area contributed by atoms with Gasteiger partial charge in [0, 0.05) is 18.3 Å². The average Bonchev–Trinajstić information content (AvgIpc) is 3.16. The molecule has 1 aromatic rings. The van der Waals surface area contributed by atoms with Gasteiger partial charge in [0.1, 0.15) is 12.1 Å². The van der Waals surface area contributed by atoms with Gasteiger partial charge in [-0.2, -0.15) is 0 Å². The fourth-order valence-corrected chi connectivity index (χ4v) is 2.43. The van der Waals surface area contributed by atoms with E-state index in [1.54, 1.807) is 0 Å². The van der Waals surface area contributed by atoms with Crippen LogP contribution in [-0.4, -0.2) is 85.2 Å². The molecule has 0 aliphatic carbocycles. The van der Waals surface area contributed by atoms with E-state index in [0.717, 1.165) is 6.92 Å². The number of hydrogen-bond donors (Lipinski definition) is 8. The van der Waals surface area contributed by atoms with E-state index in [0.29, 0.717) is 5.69 Å². The lowest BCUT2D eigenvalue weighted by Gasteiger charge is -2.24. The first-order valence-electron chi connectivity index (χ1n) is 9.19. The minimum atomic E-state index is -1.65. The first-order chi connectivity index (χ1) is 14.4. The van der Waals surface area contributed by atoms with E-state index in [-0.39, 0.29) is 6.42 Å². The summed E-state index contributed by atoms with van der Waals surface area (Å²) in [5.74, 6) is -5.62. The Morgan fingerprint density at radius 2 is 1.61 bits per heavy atom. The summed E-state index contributed by atoms with van der Waals surface area (Å²) in [6.45, 7) is 2.50. The van der Waals surface area contributed by atoms with Crippen LogP contribution < -0.4 is 21.7 Å². The average molecular weight is 442 g/mol. The molecule has 0 radical (unpaired) electrons. The van der Waals surface area contributed by atoms with E-state index in [9.17, 15) is 29.1 Å². The number of carboxylic acid groups (broad SMARTS) is 2. The lowest BCUT2D eigenvalue weighted by Crippen LogP contribution is -2.59. The molecule has 1 rings (SSSR count). The van der Waals surface area contributed by atoms with Crippen molar-refractivity contribution in [2.45, 2.75) is 57.0 Å². The van der Waals surface area contributed by atoms with Crippen LogP contribution >= 0.6 is 0 Å². The number of imidazole rings is 1. The highest BCUT2D eigenvalue weighted by Crippen LogP contribution is 2.04. The predicted octanol–water partition coefficient (Wildman–Crippen LogP) is -3.31. The molecule has 5 atom stereocenters. The minimum absolute atomic E-state index is 0.162. The van der Waals surface area contributed by atoms with Gasteiger partial charge in [0.15, 0.2) is 6.04 Å². The first-order valence-corrected chi connectivity index (χ1v) is 9.19. The van der Waals surface area contributed by atoms with Crippen molar-refractivity contribution in [2.24, 2.45) is 5.73 Å². The van der Waals surface area contributed by atoms with Crippen molar-refractivity contribution in [3.8, 4) is 0 Å². The lowest BCUT2D eigenvalue weighted by molar-refractivity contribution is -0.145. The number of rotatable bonds is 12. The Morgan fingerprint density at radius 1 is 1.03 bits per heavy atom. The Labute approximate surface area is 176 Å².